The highest BCUT2D eigenvalue weighted by atomic mass is 28.4. The third-order valence-corrected chi connectivity index (χ3v) is 16.4. The first-order chi connectivity index (χ1) is 28.9. The molecule has 0 aromatic heterocycles. The average Bonchev–Trinajstić information content (AvgIpc) is 4.18. The van der Waals surface area contributed by atoms with Gasteiger partial charge in [-0.05, 0) is 112 Å². The molecule has 0 spiro atoms. The molecule has 0 bridgehead atoms. The van der Waals surface area contributed by atoms with E-state index in [2.05, 4.69) is 48.5 Å². The van der Waals surface area contributed by atoms with Gasteiger partial charge in [-0.1, -0.05) is 24.3 Å². The molecule has 6 rings (SSSR count). The largest absolute Gasteiger partial charge is 0.501 e. The summed E-state index contributed by atoms with van der Waals surface area (Å²) in [4.78, 5) is 0. The maximum Gasteiger partial charge on any atom is 0.501 e. The Labute approximate surface area is 352 Å². The minimum atomic E-state index is -2.83. The fraction of sp³-hybridized carbons (Fsp3) is 0.556. The van der Waals surface area contributed by atoms with E-state index in [4.69, 9.17) is 55.0 Å². The number of fused-ring (bicyclic) bond motifs is 2. The van der Waals surface area contributed by atoms with Crippen LogP contribution in [0.25, 0.3) is 21.5 Å². The van der Waals surface area contributed by atoms with Crippen LogP contribution in [0.4, 0.5) is 0 Å². The van der Waals surface area contributed by atoms with E-state index in [1.807, 2.05) is 53.7 Å². The van der Waals surface area contributed by atoms with Gasteiger partial charge in [0.1, 0.15) is 48.4 Å². The molecule has 2 heterocycles. The van der Waals surface area contributed by atoms with E-state index in [-0.39, 0.29) is 12.2 Å². The van der Waals surface area contributed by atoms with Crippen LogP contribution in [0.3, 0.4) is 0 Å². The summed E-state index contributed by atoms with van der Waals surface area (Å²) in [5.74, 6) is 3.15. The van der Waals surface area contributed by atoms with Gasteiger partial charge in [-0.25, -0.2) is 0 Å². The lowest BCUT2D eigenvalue weighted by molar-refractivity contribution is 0.0689. The van der Waals surface area contributed by atoms with E-state index in [1.165, 1.54) is 0 Å². The lowest BCUT2D eigenvalue weighted by Crippen LogP contribution is -2.46. The molecule has 0 amide bonds. The van der Waals surface area contributed by atoms with Gasteiger partial charge in [-0.3, -0.25) is 0 Å². The summed E-state index contributed by atoms with van der Waals surface area (Å²) in [7, 11) is -5.60. The molecule has 59 heavy (non-hydrogen) atoms. The molecule has 2 saturated heterocycles. The lowest BCUT2D eigenvalue weighted by atomic mass is 9.93. The van der Waals surface area contributed by atoms with Gasteiger partial charge in [0.2, 0.25) is 0 Å². The SMILES string of the molecule is CCO[Si](CCCOc1ccc2ccc(OCC3CO3)c(Cc3c(OCCC[Si](OCC)(OCC)OCC)ccc4ccc(OCC5CO5)cc34)c2c1)(OCC)OCC. The van der Waals surface area contributed by atoms with Gasteiger partial charge in [-0.15, -0.1) is 0 Å². The Morgan fingerprint density at radius 3 is 1.32 bits per heavy atom. The summed E-state index contributed by atoms with van der Waals surface area (Å²) in [6.07, 6.45) is 2.22. The Hall–Kier alpha value is -3.29. The highest BCUT2D eigenvalue weighted by Crippen LogP contribution is 2.39. The van der Waals surface area contributed by atoms with Crippen LogP contribution < -0.4 is 18.9 Å². The molecule has 2 fully saturated rings. The summed E-state index contributed by atoms with van der Waals surface area (Å²) in [5.41, 5.74) is 2.07. The van der Waals surface area contributed by atoms with E-state index in [0.29, 0.717) is 97.6 Å². The van der Waals surface area contributed by atoms with Crippen molar-refractivity contribution < 1.29 is 55.0 Å². The minimum Gasteiger partial charge on any atom is -0.494 e. The zero-order valence-corrected chi connectivity index (χ0v) is 37.8. The molecule has 12 nitrogen and oxygen atoms in total. The van der Waals surface area contributed by atoms with Crippen molar-refractivity contribution in [2.45, 2.75) is 85.1 Å². The van der Waals surface area contributed by atoms with Crippen LogP contribution in [0.1, 0.15) is 65.5 Å². The van der Waals surface area contributed by atoms with Crippen molar-refractivity contribution in [2.24, 2.45) is 0 Å². The van der Waals surface area contributed by atoms with Gasteiger partial charge in [0.25, 0.3) is 0 Å². The van der Waals surface area contributed by atoms with E-state index in [1.54, 1.807) is 0 Å². The third-order valence-electron chi connectivity index (χ3n) is 10.1. The average molecular weight is 853 g/mol. The second-order valence-corrected chi connectivity index (χ2v) is 19.9. The first-order valence-corrected chi connectivity index (χ1v) is 25.4. The third kappa shape index (κ3) is 12.9. The van der Waals surface area contributed by atoms with Crippen LogP contribution in [0.5, 0.6) is 23.0 Å². The van der Waals surface area contributed by atoms with Gasteiger partial charge in [-0.2, -0.15) is 0 Å². The topological polar surface area (TPSA) is 117 Å². The van der Waals surface area contributed by atoms with Crippen molar-refractivity contribution >= 4 is 39.2 Å². The van der Waals surface area contributed by atoms with E-state index in [9.17, 15) is 0 Å². The van der Waals surface area contributed by atoms with Crippen LogP contribution in [0, 0.1) is 0 Å². The molecule has 0 aliphatic carbocycles. The summed E-state index contributed by atoms with van der Waals surface area (Å²) in [6, 6.07) is 22.2. The lowest BCUT2D eigenvalue weighted by Gasteiger charge is -2.28. The molecule has 2 unspecified atom stereocenters. The van der Waals surface area contributed by atoms with Crippen LogP contribution in [0.2, 0.25) is 12.1 Å². The van der Waals surface area contributed by atoms with E-state index >= 15 is 0 Å². The van der Waals surface area contributed by atoms with Crippen molar-refractivity contribution in [2.75, 3.05) is 79.3 Å². The monoisotopic (exact) mass is 852 g/mol. The Morgan fingerprint density at radius 1 is 0.492 bits per heavy atom. The molecule has 4 aromatic carbocycles. The molecule has 0 radical (unpaired) electrons. The standard InChI is InChI=1S/C45H64O12Si2/c1-7-52-58(53-8-2,54-9-3)25-13-23-46-36-19-15-34-18-22-45(51-33-39-32-50-39)43(40(34)27-36)29-42-41-28-37(48-30-38-31-49-38)20-16-35(41)17-21-44(42)47-24-14-26-59(55-10-4,56-11-5)57-12-6/h15-22,27-28,38-39H,7-14,23-26,29-33H2,1-6H3. The Morgan fingerprint density at radius 2 is 0.881 bits per heavy atom. The Balaban J connectivity index is 1.31. The number of epoxide rings is 2. The van der Waals surface area contributed by atoms with Crippen molar-refractivity contribution in [3.05, 3.63) is 71.8 Å². The highest BCUT2D eigenvalue weighted by Gasteiger charge is 2.40. The fourth-order valence-corrected chi connectivity index (χ4v) is 12.5. The number of rotatable bonds is 30. The first kappa shape index (κ1) is 45.2. The summed E-state index contributed by atoms with van der Waals surface area (Å²) in [5, 5.41) is 4.25. The number of hydrogen-bond acceptors (Lipinski definition) is 12. The summed E-state index contributed by atoms with van der Waals surface area (Å²) < 4.78 is 73.4. The van der Waals surface area contributed by atoms with Crippen molar-refractivity contribution in [1.29, 1.82) is 0 Å². The number of hydrogen-bond donors (Lipinski definition) is 0. The van der Waals surface area contributed by atoms with Gasteiger partial charge in [0.05, 0.1) is 26.4 Å². The minimum absolute atomic E-state index is 0.0984. The zero-order chi connectivity index (χ0) is 41.5. The van der Waals surface area contributed by atoms with E-state index in [0.717, 1.165) is 68.7 Å². The van der Waals surface area contributed by atoms with Crippen LogP contribution in [0.15, 0.2) is 60.7 Å². The van der Waals surface area contributed by atoms with Crippen molar-refractivity contribution in [1.82, 2.24) is 0 Å². The molecule has 2 aliphatic heterocycles. The molecule has 2 aliphatic rings. The molecular weight excluding hydrogens is 789 g/mol. The molecule has 14 heteroatoms. The van der Waals surface area contributed by atoms with Gasteiger partial charge in [0, 0.05) is 69.3 Å². The predicted molar refractivity (Wildman–Crippen MR) is 232 cm³/mol. The maximum atomic E-state index is 6.71. The molecule has 0 saturated carbocycles. The maximum absolute atomic E-state index is 6.71. The molecule has 4 aromatic rings. The second kappa shape index (κ2) is 22.5. The number of benzene rings is 4. The smallest absolute Gasteiger partial charge is 0.494 e. The van der Waals surface area contributed by atoms with Crippen LogP contribution in [-0.2, 0) is 42.5 Å². The summed E-state index contributed by atoms with van der Waals surface area (Å²) in [6.45, 7) is 18.5. The van der Waals surface area contributed by atoms with Crippen molar-refractivity contribution in [3.8, 4) is 23.0 Å². The van der Waals surface area contributed by atoms with Crippen molar-refractivity contribution in [3.63, 3.8) is 0 Å². The fourth-order valence-electron chi connectivity index (χ4n) is 7.33. The summed E-state index contributed by atoms with van der Waals surface area (Å²) >= 11 is 0. The molecule has 324 valence electrons. The molecular formula is C45H64O12Si2. The van der Waals surface area contributed by atoms with Gasteiger partial charge < -0.3 is 55.0 Å². The van der Waals surface area contributed by atoms with Crippen LogP contribution in [-0.4, -0.2) is 109 Å². The number of ether oxygens (including phenoxy) is 6. The normalized spacial score (nSPS) is 16.4. The highest BCUT2D eigenvalue weighted by molar-refractivity contribution is 6.61. The molecule has 0 N–H and O–H groups in total. The Bertz CT molecular complexity index is 1870. The van der Waals surface area contributed by atoms with Gasteiger partial charge >= 0.3 is 17.6 Å². The Kier molecular flexibility index (Phi) is 17.3. The predicted octanol–water partition coefficient (Wildman–Crippen LogP) is 8.77. The zero-order valence-electron chi connectivity index (χ0n) is 35.8. The second-order valence-electron chi connectivity index (χ2n) is 14.4. The first-order valence-electron chi connectivity index (χ1n) is 21.6. The van der Waals surface area contributed by atoms with Gasteiger partial charge in [0.15, 0.2) is 0 Å². The molecule has 2 atom stereocenters. The van der Waals surface area contributed by atoms with Crippen LogP contribution >= 0.6 is 0 Å². The van der Waals surface area contributed by atoms with E-state index < -0.39 is 17.6 Å². The quantitative estimate of drug-likeness (QED) is 0.0284.